The van der Waals surface area contributed by atoms with Crippen LogP contribution in [-0.2, 0) is 0 Å². The van der Waals surface area contributed by atoms with E-state index in [1.807, 2.05) is 268 Å². The molecule has 0 saturated carbocycles. The molecule has 582 valence electrons. The first-order valence-corrected chi connectivity index (χ1v) is 40.6. The summed E-state index contributed by atoms with van der Waals surface area (Å²) in [7, 11) is 0. The smallest absolute Gasteiger partial charge is 0.140 e. The highest BCUT2D eigenvalue weighted by Crippen LogP contribution is 2.43. The number of benzene rings is 12. The highest BCUT2D eigenvalue weighted by atomic mass is 15.2. The maximum absolute atomic E-state index is 9.99. The molecule has 24 aromatic rings. The number of fused-ring (bicyclic) bond motifs is 18. The standard InChI is InChI=1S/3C36H20N6/c37-20-23-6-5-7-25(16-23)26-18-35(41-32-11-4-2-9-28(32)30-17-24(21-38)12-13-33(30)41)40-36(19-26)42-31-10-3-1-8-27(31)29-14-15-39-22-34(29)42;37-20-23-9-12-25(13-10-23)26-18-35(41-32-8-4-2-6-28(32)30-17-24(21-38)11-14-33(30)41)40-36(19-26)42-31-7-3-1-5-27(31)29-15-16-39-22-34(29)42;37-20-23-13-14-33-30(17-23)28-10-4-6-12-32(28)41(33)35-18-25(26-8-2-1-7-24(26)21-38)19-36(40-35)42-31-11-5-3-9-27(31)29-15-16-39-22-34(29)42/h3*1-19,22H. The molecule has 0 fully saturated rings. The van der Waals surface area contributed by atoms with E-state index in [0.29, 0.717) is 45.0 Å². The van der Waals surface area contributed by atoms with E-state index in [2.05, 4.69) is 176 Å². The zero-order valence-corrected chi connectivity index (χ0v) is 66.7. The van der Waals surface area contributed by atoms with Crippen LogP contribution >= 0.6 is 0 Å². The summed E-state index contributed by atoms with van der Waals surface area (Å²) in [5, 5.41) is 70.6. The molecule has 0 aliphatic rings. The van der Waals surface area contributed by atoms with Crippen LogP contribution in [0.4, 0.5) is 0 Å². The normalized spacial score (nSPS) is 11.3. The van der Waals surface area contributed by atoms with Gasteiger partial charge in [0.15, 0.2) is 0 Å². The van der Waals surface area contributed by atoms with Crippen molar-refractivity contribution in [1.29, 1.82) is 31.6 Å². The Labute approximate surface area is 718 Å². The third-order valence-electron chi connectivity index (χ3n) is 23.6. The van der Waals surface area contributed by atoms with E-state index in [1.54, 1.807) is 0 Å². The molecule has 0 aliphatic carbocycles. The Hall–Kier alpha value is -18.7. The summed E-state index contributed by atoms with van der Waals surface area (Å²) in [4.78, 5) is 29.2. The second-order valence-corrected chi connectivity index (χ2v) is 30.6. The number of pyridine rings is 6. The van der Waals surface area contributed by atoms with Gasteiger partial charge in [0.2, 0.25) is 0 Å². The van der Waals surface area contributed by atoms with Crippen molar-refractivity contribution in [2.75, 3.05) is 0 Å². The van der Waals surface area contributed by atoms with E-state index < -0.39 is 0 Å². The van der Waals surface area contributed by atoms with Crippen molar-refractivity contribution in [3.63, 3.8) is 0 Å². The second-order valence-electron chi connectivity index (χ2n) is 30.6. The Balaban J connectivity index is 0.000000112. The first-order valence-electron chi connectivity index (χ1n) is 40.6. The van der Waals surface area contributed by atoms with Crippen molar-refractivity contribution in [2.24, 2.45) is 0 Å². The molecule has 18 nitrogen and oxygen atoms in total. The molecule has 0 atom stereocenters. The molecule has 18 heteroatoms. The van der Waals surface area contributed by atoms with Gasteiger partial charge in [-0.3, -0.25) is 42.4 Å². The average molecular weight is 1610 g/mol. The molecule has 24 rings (SSSR count). The van der Waals surface area contributed by atoms with E-state index in [-0.39, 0.29) is 0 Å². The number of rotatable bonds is 9. The first-order chi connectivity index (χ1) is 62.2. The Kier molecular flexibility index (Phi) is 17.7. The van der Waals surface area contributed by atoms with Gasteiger partial charge in [0.05, 0.1) is 155 Å². The summed E-state index contributed by atoms with van der Waals surface area (Å²) in [6.07, 6.45) is 11.1. The van der Waals surface area contributed by atoms with E-state index >= 15 is 0 Å². The summed E-state index contributed by atoms with van der Waals surface area (Å²) in [5.41, 5.74) is 20.9. The average Bonchev–Trinajstić information content (AvgIpc) is 1.58. The maximum atomic E-state index is 9.99. The van der Waals surface area contributed by atoms with Crippen LogP contribution in [0.3, 0.4) is 0 Å². The largest absolute Gasteiger partial charge is 0.294 e. The minimum atomic E-state index is 0.588. The molecule has 126 heavy (non-hydrogen) atoms. The van der Waals surface area contributed by atoms with Crippen LogP contribution in [0.1, 0.15) is 33.4 Å². The summed E-state index contributed by atoms with van der Waals surface area (Å²) < 4.78 is 12.9. The Bertz CT molecular complexity index is 8820. The summed E-state index contributed by atoms with van der Waals surface area (Å²) >= 11 is 0. The van der Waals surface area contributed by atoms with Gasteiger partial charge in [0, 0.05) is 83.2 Å². The lowest BCUT2D eigenvalue weighted by Crippen LogP contribution is -2.04. The zero-order chi connectivity index (χ0) is 84.6. The number of hydrogen-bond acceptors (Lipinski definition) is 12. The van der Waals surface area contributed by atoms with Crippen molar-refractivity contribution in [1.82, 2.24) is 57.3 Å². The van der Waals surface area contributed by atoms with Crippen molar-refractivity contribution < 1.29 is 0 Å². The number of nitriles is 6. The molecule has 12 aromatic heterocycles. The Morgan fingerprint density at radius 2 is 0.460 bits per heavy atom. The fourth-order valence-electron chi connectivity index (χ4n) is 18.1. The van der Waals surface area contributed by atoms with E-state index in [9.17, 15) is 31.6 Å². The fourth-order valence-corrected chi connectivity index (χ4v) is 18.1. The number of para-hydroxylation sites is 6. The summed E-state index contributed by atoms with van der Waals surface area (Å²) in [5.74, 6) is 4.40. The van der Waals surface area contributed by atoms with Crippen LogP contribution in [0.15, 0.2) is 365 Å². The van der Waals surface area contributed by atoms with Gasteiger partial charge in [0.1, 0.15) is 34.9 Å². The van der Waals surface area contributed by atoms with Gasteiger partial charge in [-0.25, -0.2) is 15.0 Å². The first kappa shape index (κ1) is 73.6. The van der Waals surface area contributed by atoms with Crippen LogP contribution in [0.25, 0.3) is 199 Å². The Morgan fingerprint density at radius 1 is 0.183 bits per heavy atom. The summed E-state index contributed by atoms with van der Waals surface area (Å²) in [6, 6.07) is 122. The number of nitrogens with zero attached hydrogens (tertiary/aromatic N) is 18. The molecule has 0 saturated heterocycles. The van der Waals surface area contributed by atoms with Crippen LogP contribution in [0.5, 0.6) is 0 Å². The van der Waals surface area contributed by atoms with E-state index in [1.165, 1.54) is 0 Å². The van der Waals surface area contributed by atoms with E-state index in [4.69, 9.17) is 15.0 Å². The van der Waals surface area contributed by atoms with Crippen molar-refractivity contribution >= 4 is 131 Å². The maximum Gasteiger partial charge on any atom is 0.140 e. The third-order valence-corrected chi connectivity index (χ3v) is 23.6. The van der Waals surface area contributed by atoms with Crippen LogP contribution in [0.2, 0.25) is 0 Å². The molecule has 0 aliphatic heterocycles. The molecule has 0 unspecified atom stereocenters. The highest BCUT2D eigenvalue weighted by molar-refractivity contribution is 6.15. The highest BCUT2D eigenvalue weighted by Gasteiger charge is 2.25. The van der Waals surface area contributed by atoms with Gasteiger partial charge in [-0.1, -0.05) is 152 Å². The molecule has 0 N–H and O–H groups in total. The van der Waals surface area contributed by atoms with Gasteiger partial charge in [-0.15, -0.1) is 0 Å². The Morgan fingerprint density at radius 3 is 0.810 bits per heavy atom. The van der Waals surface area contributed by atoms with Crippen LogP contribution in [0, 0.1) is 68.0 Å². The van der Waals surface area contributed by atoms with Gasteiger partial charge in [0.25, 0.3) is 0 Å². The molecule has 0 radical (unpaired) electrons. The van der Waals surface area contributed by atoms with E-state index in [0.717, 1.165) is 187 Å². The lowest BCUT2D eigenvalue weighted by atomic mass is 10.0. The molecule has 0 spiro atoms. The molecular formula is C108H60N18. The minimum absolute atomic E-state index is 0.588. The van der Waals surface area contributed by atoms with Crippen LogP contribution < -0.4 is 0 Å². The summed E-state index contributed by atoms with van der Waals surface area (Å²) in [6.45, 7) is 0. The van der Waals surface area contributed by atoms with Gasteiger partial charge in [-0.05, 0) is 209 Å². The molecule has 0 amide bonds. The lowest BCUT2D eigenvalue weighted by Gasteiger charge is -2.15. The quantitative estimate of drug-likeness (QED) is 0.131. The van der Waals surface area contributed by atoms with Crippen molar-refractivity contribution in [3.8, 4) is 105 Å². The molecule has 12 heterocycles. The lowest BCUT2D eigenvalue weighted by molar-refractivity contribution is 1.01. The predicted octanol–water partition coefficient (Wildman–Crippen LogP) is 24.2. The minimum Gasteiger partial charge on any atom is -0.294 e. The molecular weight excluding hydrogens is 1550 g/mol. The topological polar surface area (TPSA) is 250 Å². The third kappa shape index (κ3) is 12.2. The SMILES string of the molecule is N#Cc1ccc(-c2cc(-n3c4ccccc4c4cc(C#N)ccc43)nc(-n3c4ccccc4c4ccncc43)c2)cc1.N#Cc1ccc2c(c1)c1ccccc1n2-c1cc(-c2ccccc2C#N)cc(-n2c3ccccc3c3ccncc32)n1.N#Cc1cccc(-c2cc(-n3c4ccccc4c4cc(C#N)ccc43)nc(-n3c4ccccc4c4ccncc43)c2)c1. The monoisotopic (exact) mass is 1610 g/mol. The van der Waals surface area contributed by atoms with Gasteiger partial charge >= 0.3 is 0 Å². The van der Waals surface area contributed by atoms with Gasteiger partial charge < -0.3 is 0 Å². The predicted molar refractivity (Wildman–Crippen MR) is 497 cm³/mol. The molecule has 0 bridgehead atoms. The molecule has 12 aromatic carbocycles. The second kappa shape index (κ2) is 30.3. The number of hydrogen-bond donors (Lipinski definition) is 0. The van der Waals surface area contributed by atoms with Crippen molar-refractivity contribution in [3.05, 3.63) is 398 Å². The van der Waals surface area contributed by atoms with Gasteiger partial charge in [-0.2, -0.15) is 31.6 Å². The van der Waals surface area contributed by atoms with Crippen molar-refractivity contribution in [2.45, 2.75) is 0 Å². The van der Waals surface area contributed by atoms with Crippen LogP contribution in [-0.4, -0.2) is 57.3 Å². The fraction of sp³-hybridized carbons (Fsp3) is 0. The zero-order valence-electron chi connectivity index (χ0n) is 66.7. The number of aromatic nitrogens is 12.